The van der Waals surface area contributed by atoms with E-state index in [1.807, 2.05) is 43.3 Å². The number of H-pyrrole nitrogens is 1. The third-order valence-corrected chi connectivity index (χ3v) is 3.68. The molecule has 0 saturated carbocycles. The van der Waals surface area contributed by atoms with E-state index in [2.05, 4.69) is 11.9 Å². The monoisotopic (exact) mass is 310 g/mol. The van der Waals surface area contributed by atoms with Crippen LogP contribution in [-0.2, 0) is 11.3 Å². The number of ether oxygens (including phenoxy) is 1. The third kappa shape index (κ3) is 4.54. The first kappa shape index (κ1) is 17.0. The van der Waals surface area contributed by atoms with Gasteiger partial charge in [-0.25, -0.2) is 0 Å². The predicted octanol–water partition coefficient (Wildman–Crippen LogP) is 3.93. The molecule has 0 saturated heterocycles. The molecule has 0 spiro atoms. The molecular weight excluding hydrogens is 288 g/mol. The van der Waals surface area contributed by atoms with Gasteiger partial charge in [-0.15, -0.1) is 0 Å². The van der Waals surface area contributed by atoms with Gasteiger partial charge in [0.05, 0.1) is 6.61 Å². The van der Waals surface area contributed by atoms with Crippen LogP contribution >= 0.6 is 0 Å². The van der Waals surface area contributed by atoms with Crippen molar-refractivity contribution in [2.24, 2.45) is 0 Å². The summed E-state index contributed by atoms with van der Waals surface area (Å²) in [6.07, 6.45) is 3.43. The van der Waals surface area contributed by atoms with Gasteiger partial charge < -0.3 is 9.72 Å². The van der Waals surface area contributed by atoms with Crippen molar-refractivity contribution in [2.45, 2.75) is 39.7 Å². The van der Waals surface area contributed by atoms with Crippen molar-refractivity contribution in [3.05, 3.63) is 57.5 Å². The minimum Gasteiger partial charge on any atom is -0.377 e. The topological polar surface area (TPSA) is 65.9 Å². The average Bonchev–Trinajstić information content (AvgIpc) is 2.54. The lowest BCUT2D eigenvalue weighted by molar-refractivity contribution is 0.117. The molecule has 4 heteroatoms. The summed E-state index contributed by atoms with van der Waals surface area (Å²) in [5.41, 5.74) is 3.12. The third-order valence-electron chi connectivity index (χ3n) is 3.68. The van der Waals surface area contributed by atoms with Gasteiger partial charge in [0.25, 0.3) is 5.56 Å². The molecule has 1 aromatic heterocycles. The van der Waals surface area contributed by atoms with E-state index in [-0.39, 0.29) is 11.1 Å². The fourth-order valence-electron chi connectivity index (χ4n) is 2.50. The van der Waals surface area contributed by atoms with Gasteiger partial charge in [-0.1, -0.05) is 38.0 Å². The van der Waals surface area contributed by atoms with Gasteiger partial charge in [0.15, 0.2) is 0 Å². The SMILES string of the molecule is CCCCCOCc1cccc(-c2cc(C)[nH]c(=O)c2C#N)c1. The molecule has 1 N–H and O–H groups in total. The minimum absolute atomic E-state index is 0.150. The summed E-state index contributed by atoms with van der Waals surface area (Å²) in [5, 5.41) is 9.25. The molecule has 0 aliphatic carbocycles. The number of nitrogens with zero attached hydrogens (tertiary/aromatic N) is 1. The highest BCUT2D eigenvalue weighted by molar-refractivity contribution is 5.70. The Morgan fingerprint density at radius 2 is 2.09 bits per heavy atom. The number of nitrogens with one attached hydrogen (secondary N) is 1. The van der Waals surface area contributed by atoms with Gasteiger partial charge in [0.2, 0.25) is 0 Å². The molecule has 1 aromatic carbocycles. The molecule has 0 atom stereocenters. The van der Waals surface area contributed by atoms with E-state index in [0.717, 1.165) is 29.8 Å². The number of nitriles is 1. The summed E-state index contributed by atoms with van der Waals surface area (Å²) in [7, 11) is 0. The quantitative estimate of drug-likeness (QED) is 0.788. The largest absolute Gasteiger partial charge is 0.377 e. The highest BCUT2D eigenvalue weighted by Crippen LogP contribution is 2.23. The molecule has 0 aliphatic rings. The normalized spacial score (nSPS) is 10.5. The van der Waals surface area contributed by atoms with E-state index < -0.39 is 0 Å². The Bertz CT molecular complexity index is 757. The molecule has 1 heterocycles. The van der Waals surface area contributed by atoms with Gasteiger partial charge in [-0.3, -0.25) is 4.79 Å². The van der Waals surface area contributed by atoms with E-state index >= 15 is 0 Å². The van der Waals surface area contributed by atoms with Gasteiger partial charge >= 0.3 is 0 Å². The standard InChI is InChI=1S/C19H22N2O2/c1-3-4-5-9-23-13-15-7-6-8-16(11-15)17-10-14(2)21-19(22)18(17)12-20/h6-8,10-11H,3-5,9,13H2,1-2H3,(H,21,22). The number of aromatic amines is 1. The number of aryl methyl sites for hydroxylation is 1. The molecule has 2 aromatic rings. The molecular formula is C19H22N2O2. The van der Waals surface area contributed by atoms with Crippen LogP contribution in [0.15, 0.2) is 35.1 Å². The predicted molar refractivity (Wildman–Crippen MR) is 91.1 cm³/mol. The Balaban J connectivity index is 2.20. The van der Waals surface area contributed by atoms with Crippen LogP contribution < -0.4 is 5.56 Å². The smallest absolute Gasteiger partial charge is 0.266 e. The van der Waals surface area contributed by atoms with Crippen molar-refractivity contribution in [1.29, 1.82) is 5.26 Å². The Kier molecular flexibility index (Phi) is 6.13. The maximum Gasteiger partial charge on any atom is 0.266 e. The van der Waals surface area contributed by atoms with Gasteiger partial charge in [0.1, 0.15) is 11.6 Å². The summed E-state index contributed by atoms with van der Waals surface area (Å²) in [5.74, 6) is 0. The first-order chi connectivity index (χ1) is 11.2. The molecule has 0 unspecified atom stereocenters. The van der Waals surface area contributed by atoms with Gasteiger partial charge in [-0.2, -0.15) is 5.26 Å². The summed E-state index contributed by atoms with van der Waals surface area (Å²) in [6, 6.07) is 11.7. The van der Waals surface area contributed by atoms with Crippen LogP contribution in [0.4, 0.5) is 0 Å². The lowest BCUT2D eigenvalue weighted by Crippen LogP contribution is -2.12. The number of hydrogen-bond donors (Lipinski definition) is 1. The molecule has 2 rings (SSSR count). The maximum atomic E-state index is 11.9. The van der Waals surface area contributed by atoms with Crippen LogP contribution in [0.1, 0.15) is 43.0 Å². The maximum absolute atomic E-state index is 11.9. The van der Waals surface area contributed by atoms with Crippen LogP contribution in [-0.4, -0.2) is 11.6 Å². The second-order valence-corrected chi connectivity index (χ2v) is 5.64. The first-order valence-corrected chi connectivity index (χ1v) is 7.96. The van der Waals surface area contributed by atoms with E-state index in [4.69, 9.17) is 4.74 Å². The van der Waals surface area contributed by atoms with Crippen LogP contribution in [0, 0.1) is 18.3 Å². The van der Waals surface area contributed by atoms with Crippen molar-refractivity contribution in [3.63, 3.8) is 0 Å². The fraction of sp³-hybridized carbons (Fsp3) is 0.368. The second-order valence-electron chi connectivity index (χ2n) is 5.64. The van der Waals surface area contributed by atoms with Crippen LogP contribution in [0.3, 0.4) is 0 Å². The lowest BCUT2D eigenvalue weighted by Gasteiger charge is -2.08. The molecule has 0 amide bonds. The number of rotatable bonds is 7. The minimum atomic E-state index is -0.344. The van der Waals surface area contributed by atoms with E-state index in [0.29, 0.717) is 12.2 Å². The molecule has 0 radical (unpaired) electrons. The number of unbranched alkanes of at least 4 members (excludes halogenated alkanes) is 2. The van der Waals surface area contributed by atoms with Crippen molar-refractivity contribution >= 4 is 0 Å². The Hall–Kier alpha value is -2.38. The zero-order chi connectivity index (χ0) is 16.7. The second kappa shape index (κ2) is 8.30. The zero-order valence-electron chi connectivity index (χ0n) is 13.7. The highest BCUT2D eigenvalue weighted by atomic mass is 16.5. The van der Waals surface area contributed by atoms with E-state index in [1.165, 1.54) is 12.8 Å². The van der Waals surface area contributed by atoms with Crippen LogP contribution in [0.5, 0.6) is 0 Å². The highest BCUT2D eigenvalue weighted by Gasteiger charge is 2.10. The number of pyridine rings is 1. The Labute approximate surface area is 136 Å². The van der Waals surface area contributed by atoms with E-state index in [9.17, 15) is 10.1 Å². The Morgan fingerprint density at radius 3 is 2.83 bits per heavy atom. The molecule has 4 nitrogen and oxygen atoms in total. The number of benzene rings is 1. The fourth-order valence-corrected chi connectivity index (χ4v) is 2.50. The first-order valence-electron chi connectivity index (χ1n) is 7.96. The van der Waals surface area contributed by atoms with Crippen LogP contribution in [0.25, 0.3) is 11.1 Å². The summed E-state index contributed by atoms with van der Waals surface area (Å²) >= 11 is 0. The molecule has 23 heavy (non-hydrogen) atoms. The van der Waals surface area contributed by atoms with Crippen LogP contribution in [0.2, 0.25) is 0 Å². The van der Waals surface area contributed by atoms with Gasteiger partial charge in [-0.05, 0) is 36.6 Å². The molecule has 0 fully saturated rings. The summed E-state index contributed by atoms with van der Waals surface area (Å²) in [4.78, 5) is 14.6. The molecule has 120 valence electrons. The average molecular weight is 310 g/mol. The zero-order valence-corrected chi connectivity index (χ0v) is 13.7. The Morgan fingerprint density at radius 1 is 1.26 bits per heavy atom. The number of hydrogen-bond acceptors (Lipinski definition) is 3. The van der Waals surface area contributed by atoms with Crippen molar-refractivity contribution in [1.82, 2.24) is 4.98 Å². The van der Waals surface area contributed by atoms with Crippen molar-refractivity contribution in [3.8, 4) is 17.2 Å². The van der Waals surface area contributed by atoms with Gasteiger partial charge in [0, 0.05) is 17.9 Å². The molecule has 0 aliphatic heterocycles. The van der Waals surface area contributed by atoms with Crippen molar-refractivity contribution in [2.75, 3.05) is 6.61 Å². The van der Waals surface area contributed by atoms with E-state index in [1.54, 1.807) is 0 Å². The summed E-state index contributed by atoms with van der Waals surface area (Å²) < 4.78 is 5.68. The summed E-state index contributed by atoms with van der Waals surface area (Å²) in [6.45, 7) is 5.28. The lowest BCUT2D eigenvalue weighted by atomic mass is 9.99. The molecule has 0 bridgehead atoms. The number of aromatic nitrogens is 1. The van der Waals surface area contributed by atoms with Crippen molar-refractivity contribution < 1.29 is 4.74 Å².